The van der Waals surface area contributed by atoms with Crippen LogP contribution in [0.4, 0.5) is 5.82 Å². The molecule has 70 valence electrons. The molecule has 1 rings (SSSR count). The zero-order valence-corrected chi connectivity index (χ0v) is 7.57. The summed E-state index contributed by atoms with van der Waals surface area (Å²) in [4.78, 5) is 18.9. The molecular formula is C8H11N3O2. The summed E-state index contributed by atoms with van der Waals surface area (Å²) >= 11 is 0. The van der Waals surface area contributed by atoms with Crippen molar-refractivity contribution >= 4 is 11.8 Å². The van der Waals surface area contributed by atoms with Gasteiger partial charge in [0.15, 0.2) is 11.5 Å². The van der Waals surface area contributed by atoms with Crippen LogP contribution in [-0.2, 0) is 4.74 Å². The Hall–Kier alpha value is -1.65. The predicted octanol–water partition coefficient (Wildman–Crippen LogP) is 0.544. The van der Waals surface area contributed by atoms with E-state index in [1.807, 2.05) is 0 Å². The highest BCUT2D eigenvalue weighted by atomic mass is 16.5. The van der Waals surface area contributed by atoms with Crippen molar-refractivity contribution in [3.63, 3.8) is 0 Å². The van der Waals surface area contributed by atoms with Gasteiger partial charge in [0, 0.05) is 6.20 Å². The molecule has 0 aromatic carbocycles. The van der Waals surface area contributed by atoms with Crippen molar-refractivity contribution in [2.24, 2.45) is 0 Å². The zero-order valence-electron chi connectivity index (χ0n) is 7.57. The van der Waals surface area contributed by atoms with Crippen LogP contribution >= 0.6 is 0 Å². The Kier molecular flexibility index (Phi) is 2.79. The van der Waals surface area contributed by atoms with Crippen LogP contribution in [0.5, 0.6) is 0 Å². The summed E-state index contributed by atoms with van der Waals surface area (Å²) in [5.41, 5.74) is 6.23. The molecule has 1 heterocycles. The van der Waals surface area contributed by atoms with Gasteiger partial charge in [0.1, 0.15) is 0 Å². The van der Waals surface area contributed by atoms with E-state index in [2.05, 4.69) is 9.97 Å². The Bertz CT molecular complexity index is 325. The number of carbonyl (C=O) groups excluding carboxylic acids is 1. The lowest BCUT2D eigenvalue weighted by Gasteiger charge is -2.03. The van der Waals surface area contributed by atoms with Gasteiger partial charge in [0.05, 0.1) is 12.3 Å². The average Bonchev–Trinajstić information content (AvgIpc) is 2.04. The van der Waals surface area contributed by atoms with Gasteiger partial charge >= 0.3 is 5.97 Å². The molecular weight excluding hydrogens is 170 g/mol. The number of aryl methyl sites for hydroxylation is 1. The second-order valence-electron chi connectivity index (χ2n) is 2.47. The van der Waals surface area contributed by atoms with Crippen molar-refractivity contribution in [3.05, 3.63) is 17.6 Å². The zero-order chi connectivity index (χ0) is 9.84. The number of esters is 1. The van der Waals surface area contributed by atoms with E-state index < -0.39 is 5.97 Å². The van der Waals surface area contributed by atoms with Crippen LogP contribution in [0.25, 0.3) is 0 Å². The van der Waals surface area contributed by atoms with Gasteiger partial charge in [0.2, 0.25) is 0 Å². The normalized spacial score (nSPS) is 9.69. The molecule has 5 nitrogen and oxygen atoms in total. The maximum atomic E-state index is 11.2. The Morgan fingerprint density at radius 1 is 1.69 bits per heavy atom. The first-order valence-corrected chi connectivity index (χ1v) is 3.91. The van der Waals surface area contributed by atoms with Crippen LogP contribution in [0.15, 0.2) is 6.20 Å². The maximum Gasteiger partial charge on any atom is 0.360 e. The van der Waals surface area contributed by atoms with Gasteiger partial charge in [-0.3, -0.25) is 0 Å². The second kappa shape index (κ2) is 3.84. The standard InChI is InChI=1S/C8H11N3O2/c1-3-13-8(12)6-7(9)11-5(2)4-10-6/h4H,3H2,1-2H3,(H2,9,11). The fraction of sp³-hybridized carbons (Fsp3) is 0.375. The summed E-state index contributed by atoms with van der Waals surface area (Å²) in [6.07, 6.45) is 1.47. The molecule has 2 N–H and O–H groups in total. The number of hydrogen-bond donors (Lipinski definition) is 1. The van der Waals surface area contributed by atoms with Gasteiger partial charge in [-0.15, -0.1) is 0 Å². The number of hydrogen-bond acceptors (Lipinski definition) is 5. The predicted molar refractivity (Wildman–Crippen MR) is 47.1 cm³/mol. The molecule has 0 spiro atoms. The molecule has 0 amide bonds. The van der Waals surface area contributed by atoms with Gasteiger partial charge in [-0.2, -0.15) is 0 Å². The fourth-order valence-corrected chi connectivity index (χ4v) is 0.853. The van der Waals surface area contributed by atoms with E-state index in [9.17, 15) is 4.79 Å². The van der Waals surface area contributed by atoms with Crippen LogP contribution < -0.4 is 5.73 Å². The Morgan fingerprint density at radius 2 is 2.38 bits per heavy atom. The second-order valence-corrected chi connectivity index (χ2v) is 2.47. The number of carbonyl (C=O) groups is 1. The maximum absolute atomic E-state index is 11.2. The average molecular weight is 181 g/mol. The monoisotopic (exact) mass is 181 g/mol. The molecule has 0 fully saturated rings. The van der Waals surface area contributed by atoms with E-state index in [1.165, 1.54) is 6.20 Å². The minimum absolute atomic E-state index is 0.0763. The lowest BCUT2D eigenvalue weighted by molar-refractivity contribution is 0.0520. The summed E-state index contributed by atoms with van der Waals surface area (Å²) in [6.45, 7) is 3.77. The van der Waals surface area contributed by atoms with Crippen molar-refractivity contribution < 1.29 is 9.53 Å². The SMILES string of the molecule is CCOC(=O)c1ncc(C)nc1N. The number of nitrogen functional groups attached to an aromatic ring is 1. The van der Waals surface area contributed by atoms with Crippen molar-refractivity contribution in [2.45, 2.75) is 13.8 Å². The van der Waals surface area contributed by atoms with Crippen LogP contribution in [0.3, 0.4) is 0 Å². The third-order valence-corrected chi connectivity index (χ3v) is 1.39. The van der Waals surface area contributed by atoms with E-state index in [4.69, 9.17) is 10.5 Å². The summed E-state index contributed by atoms with van der Waals surface area (Å²) < 4.78 is 4.73. The highest BCUT2D eigenvalue weighted by Gasteiger charge is 2.12. The lowest BCUT2D eigenvalue weighted by Crippen LogP contribution is -2.12. The molecule has 0 aliphatic heterocycles. The largest absolute Gasteiger partial charge is 0.461 e. The van der Waals surface area contributed by atoms with Gasteiger partial charge in [-0.05, 0) is 13.8 Å². The number of aromatic nitrogens is 2. The Labute approximate surface area is 75.9 Å². The summed E-state index contributed by atoms with van der Waals surface area (Å²) in [5, 5.41) is 0. The third-order valence-electron chi connectivity index (χ3n) is 1.39. The van der Waals surface area contributed by atoms with Crippen LogP contribution in [0, 0.1) is 6.92 Å². The van der Waals surface area contributed by atoms with Crippen molar-refractivity contribution in [1.29, 1.82) is 0 Å². The van der Waals surface area contributed by atoms with Crippen molar-refractivity contribution in [1.82, 2.24) is 9.97 Å². The number of rotatable bonds is 2. The lowest BCUT2D eigenvalue weighted by atomic mass is 10.4. The van der Waals surface area contributed by atoms with E-state index in [-0.39, 0.29) is 11.5 Å². The molecule has 0 atom stereocenters. The minimum atomic E-state index is -0.535. The molecule has 5 heteroatoms. The summed E-state index contributed by atoms with van der Waals surface area (Å²) in [5.74, 6) is -0.425. The molecule has 0 aliphatic rings. The van der Waals surface area contributed by atoms with E-state index in [0.29, 0.717) is 12.3 Å². The first-order valence-electron chi connectivity index (χ1n) is 3.91. The number of nitrogens with two attached hydrogens (primary N) is 1. The first-order chi connectivity index (χ1) is 6.15. The van der Waals surface area contributed by atoms with E-state index in [1.54, 1.807) is 13.8 Å². The van der Waals surface area contributed by atoms with Gasteiger partial charge < -0.3 is 10.5 Å². The van der Waals surface area contributed by atoms with Crippen LogP contribution in [0.1, 0.15) is 23.1 Å². The molecule has 1 aromatic rings. The quantitative estimate of drug-likeness (QED) is 0.674. The first kappa shape index (κ1) is 9.44. The molecule has 0 radical (unpaired) electrons. The highest BCUT2D eigenvalue weighted by Crippen LogP contribution is 2.06. The van der Waals surface area contributed by atoms with Gasteiger partial charge in [0.25, 0.3) is 0 Å². The topological polar surface area (TPSA) is 78.1 Å². The Morgan fingerprint density at radius 3 is 2.92 bits per heavy atom. The van der Waals surface area contributed by atoms with Crippen LogP contribution in [0.2, 0.25) is 0 Å². The van der Waals surface area contributed by atoms with E-state index in [0.717, 1.165) is 0 Å². The van der Waals surface area contributed by atoms with E-state index >= 15 is 0 Å². The van der Waals surface area contributed by atoms with Gasteiger partial charge in [-0.25, -0.2) is 14.8 Å². The smallest absolute Gasteiger partial charge is 0.360 e. The molecule has 0 bridgehead atoms. The fourth-order valence-electron chi connectivity index (χ4n) is 0.853. The van der Waals surface area contributed by atoms with Crippen molar-refractivity contribution in [3.8, 4) is 0 Å². The molecule has 1 aromatic heterocycles. The molecule has 0 aliphatic carbocycles. The number of ether oxygens (including phenoxy) is 1. The van der Waals surface area contributed by atoms with Crippen molar-refractivity contribution in [2.75, 3.05) is 12.3 Å². The number of anilines is 1. The molecule has 0 unspecified atom stereocenters. The molecule has 0 saturated heterocycles. The van der Waals surface area contributed by atoms with Gasteiger partial charge in [-0.1, -0.05) is 0 Å². The summed E-state index contributed by atoms with van der Waals surface area (Å²) in [6, 6.07) is 0. The number of nitrogens with zero attached hydrogens (tertiary/aromatic N) is 2. The van der Waals surface area contributed by atoms with Crippen LogP contribution in [-0.4, -0.2) is 22.5 Å². The molecule has 13 heavy (non-hydrogen) atoms. The minimum Gasteiger partial charge on any atom is -0.461 e. The summed E-state index contributed by atoms with van der Waals surface area (Å²) in [7, 11) is 0. The molecule has 0 saturated carbocycles. The third kappa shape index (κ3) is 2.14. The highest BCUT2D eigenvalue weighted by molar-refractivity contribution is 5.91. The Balaban J connectivity index is 2.95.